The first-order chi connectivity index (χ1) is 7.25. The standard InChI is InChI=1S/C15H16/c1-10-5-3-4-6-14(10)15-9-13-8-12(13)7-11(15)2/h3-7,9,12-13H,8H2,1-2H3. The number of benzene rings is 1. The molecule has 0 aromatic heterocycles. The molecule has 0 radical (unpaired) electrons. The predicted octanol–water partition coefficient (Wildman–Crippen LogP) is 3.97. The van der Waals surface area contributed by atoms with Crippen LogP contribution in [0.3, 0.4) is 0 Å². The summed E-state index contributed by atoms with van der Waals surface area (Å²) in [5.41, 5.74) is 5.72. The van der Waals surface area contributed by atoms with Crippen LogP contribution in [-0.4, -0.2) is 0 Å². The second-order valence-corrected chi connectivity index (χ2v) is 4.81. The Morgan fingerprint density at radius 3 is 2.53 bits per heavy atom. The maximum Gasteiger partial charge on any atom is -0.0155 e. The molecule has 1 fully saturated rings. The van der Waals surface area contributed by atoms with Gasteiger partial charge in [0.1, 0.15) is 0 Å². The molecule has 0 spiro atoms. The first-order valence-corrected chi connectivity index (χ1v) is 5.72. The summed E-state index contributed by atoms with van der Waals surface area (Å²) in [6, 6.07) is 8.68. The molecule has 2 aliphatic rings. The van der Waals surface area contributed by atoms with E-state index in [0.717, 1.165) is 11.8 Å². The van der Waals surface area contributed by atoms with E-state index in [9.17, 15) is 0 Å². The molecule has 2 atom stereocenters. The molecule has 0 saturated heterocycles. The summed E-state index contributed by atoms with van der Waals surface area (Å²) < 4.78 is 0. The van der Waals surface area contributed by atoms with Gasteiger partial charge in [-0.1, -0.05) is 36.4 Å². The molecule has 0 amide bonds. The van der Waals surface area contributed by atoms with Crippen LogP contribution in [0.5, 0.6) is 0 Å². The molecule has 76 valence electrons. The van der Waals surface area contributed by atoms with E-state index >= 15 is 0 Å². The summed E-state index contributed by atoms with van der Waals surface area (Å²) in [6.45, 7) is 4.44. The first kappa shape index (κ1) is 8.96. The Morgan fingerprint density at radius 1 is 1.00 bits per heavy atom. The zero-order valence-corrected chi connectivity index (χ0v) is 9.33. The maximum atomic E-state index is 2.47. The van der Waals surface area contributed by atoms with Crippen LogP contribution in [0.2, 0.25) is 0 Å². The van der Waals surface area contributed by atoms with Gasteiger partial charge in [0.2, 0.25) is 0 Å². The largest absolute Gasteiger partial charge is 0.0773 e. The smallest absolute Gasteiger partial charge is 0.0155 e. The molecule has 15 heavy (non-hydrogen) atoms. The Morgan fingerprint density at radius 2 is 1.73 bits per heavy atom. The molecular formula is C15H16. The molecular weight excluding hydrogens is 180 g/mol. The Labute approximate surface area is 91.3 Å². The Hall–Kier alpha value is -1.30. The third kappa shape index (κ3) is 1.45. The molecule has 2 unspecified atom stereocenters. The highest BCUT2D eigenvalue weighted by Crippen LogP contribution is 2.48. The number of aryl methyl sites for hydroxylation is 1. The lowest BCUT2D eigenvalue weighted by molar-refractivity contribution is 0.969. The van der Waals surface area contributed by atoms with Gasteiger partial charge in [-0.25, -0.2) is 0 Å². The lowest BCUT2D eigenvalue weighted by Gasteiger charge is -2.14. The van der Waals surface area contributed by atoms with Crippen LogP contribution in [0, 0.1) is 18.8 Å². The van der Waals surface area contributed by atoms with Gasteiger partial charge in [0.15, 0.2) is 0 Å². The van der Waals surface area contributed by atoms with Crippen molar-refractivity contribution in [2.45, 2.75) is 20.3 Å². The fraction of sp³-hybridized carbons (Fsp3) is 0.333. The minimum absolute atomic E-state index is 0.836. The third-order valence-corrected chi connectivity index (χ3v) is 3.60. The molecule has 1 saturated carbocycles. The quantitative estimate of drug-likeness (QED) is 0.637. The molecule has 0 aliphatic heterocycles. The Balaban J connectivity index is 2.08. The molecule has 0 heterocycles. The van der Waals surface area contributed by atoms with Crippen molar-refractivity contribution in [3.8, 4) is 0 Å². The van der Waals surface area contributed by atoms with Crippen molar-refractivity contribution in [1.82, 2.24) is 0 Å². The monoisotopic (exact) mass is 196 g/mol. The van der Waals surface area contributed by atoms with Gasteiger partial charge in [0, 0.05) is 0 Å². The normalized spacial score (nSPS) is 27.9. The maximum absolute atomic E-state index is 2.47. The van der Waals surface area contributed by atoms with Gasteiger partial charge >= 0.3 is 0 Å². The lowest BCUT2D eigenvalue weighted by Crippen LogP contribution is -1.96. The van der Waals surface area contributed by atoms with Gasteiger partial charge in [-0.2, -0.15) is 0 Å². The van der Waals surface area contributed by atoms with E-state index in [0.29, 0.717) is 0 Å². The van der Waals surface area contributed by atoms with Crippen LogP contribution in [0.1, 0.15) is 24.5 Å². The van der Waals surface area contributed by atoms with Gasteiger partial charge in [-0.15, -0.1) is 0 Å². The van der Waals surface area contributed by atoms with Crippen LogP contribution < -0.4 is 0 Å². The van der Waals surface area contributed by atoms with Crippen LogP contribution in [0.25, 0.3) is 5.57 Å². The summed E-state index contributed by atoms with van der Waals surface area (Å²) >= 11 is 0. The lowest BCUT2D eigenvalue weighted by atomic mass is 9.90. The average Bonchev–Trinajstić information content (AvgIpc) is 2.95. The summed E-state index contributed by atoms with van der Waals surface area (Å²) in [4.78, 5) is 0. The SMILES string of the molecule is CC1=CC2CC2C=C1c1ccccc1C. The highest BCUT2D eigenvalue weighted by molar-refractivity contribution is 5.81. The van der Waals surface area contributed by atoms with Gasteiger partial charge < -0.3 is 0 Å². The first-order valence-electron chi connectivity index (χ1n) is 5.72. The van der Waals surface area contributed by atoms with Gasteiger partial charge in [0.25, 0.3) is 0 Å². The van der Waals surface area contributed by atoms with E-state index in [1.54, 1.807) is 0 Å². The molecule has 0 N–H and O–H groups in total. The molecule has 2 aliphatic carbocycles. The number of rotatable bonds is 1. The fourth-order valence-corrected chi connectivity index (χ4v) is 2.55. The molecule has 1 aromatic rings. The van der Waals surface area contributed by atoms with Crippen molar-refractivity contribution in [2.24, 2.45) is 11.8 Å². The average molecular weight is 196 g/mol. The van der Waals surface area contributed by atoms with Gasteiger partial charge in [-0.3, -0.25) is 0 Å². The molecule has 0 nitrogen and oxygen atoms in total. The van der Waals surface area contributed by atoms with Crippen molar-refractivity contribution >= 4 is 5.57 Å². The number of hydrogen-bond acceptors (Lipinski definition) is 0. The Kier molecular flexibility index (Phi) is 1.85. The minimum atomic E-state index is 0.836. The van der Waals surface area contributed by atoms with Crippen molar-refractivity contribution in [3.05, 3.63) is 53.1 Å². The fourth-order valence-electron chi connectivity index (χ4n) is 2.55. The van der Waals surface area contributed by atoms with E-state index in [4.69, 9.17) is 0 Å². The zero-order chi connectivity index (χ0) is 10.4. The van der Waals surface area contributed by atoms with Gasteiger partial charge in [0.05, 0.1) is 0 Å². The zero-order valence-electron chi connectivity index (χ0n) is 9.33. The van der Waals surface area contributed by atoms with Crippen LogP contribution in [-0.2, 0) is 0 Å². The molecule has 0 bridgehead atoms. The highest BCUT2D eigenvalue weighted by Gasteiger charge is 2.36. The van der Waals surface area contributed by atoms with Crippen molar-refractivity contribution in [2.75, 3.05) is 0 Å². The molecule has 3 rings (SSSR count). The van der Waals surface area contributed by atoms with E-state index in [1.807, 2.05) is 0 Å². The Bertz CT molecular complexity index is 463. The van der Waals surface area contributed by atoms with Crippen LogP contribution in [0.15, 0.2) is 42.0 Å². The summed E-state index contributed by atoms with van der Waals surface area (Å²) in [6.07, 6.45) is 6.29. The summed E-state index contributed by atoms with van der Waals surface area (Å²) in [5.74, 6) is 1.70. The minimum Gasteiger partial charge on any atom is -0.0773 e. The second kappa shape index (κ2) is 3.10. The molecule has 0 heteroatoms. The number of fused-ring (bicyclic) bond motifs is 1. The van der Waals surface area contributed by atoms with Crippen LogP contribution >= 0.6 is 0 Å². The summed E-state index contributed by atoms with van der Waals surface area (Å²) in [5, 5.41) is 0. The predicted molar refractivity (Wildman–Crippen MR) is 64.5 cm³/mol. The van der Waals surface area contributed by atoms with Crippen molar-refractivity contribution in [1.29, 1.82) is 0 Å². The van der Waals surface area contributed by atoms with E-state index < -0.39 is 0 Å². The number of allylic oxidation sites excluding steroid dienone is 4. The van der Waals surface area contributed by atoms with E-state index in [2.05, 4.69) is 50.3 Å². The van der Waals surface area contributed by atoms with Gasteiger partial charge in [-0.05, 0) is 54.4 Å². The van der Waals surface area contributed by atoms with E-state index in [1.165, 1.54) is 28.7 Å². The van der Waals surface area contributed by atoms with Crippen LogP contribution in [0.4, 0.5) is 0 Å². The second-order valence-electron chi connectivity index (χ2n) is 4.81. The van der Waals surface area contributed by atoms with Crippen molar-refractivity contribution in [3.63, 3.8) is 0 Å². The third-order valence-electron chi connectivity index (χ3n) is 3.60. The highest BCUT2D eigenvalue weighted by atomic mass is 14.4. The molecule has 1 aromatic carbocycles. The topological polar surface area (TPSA) is 0 Å². The van der Waals surface area contributed by atoms with Crippen molar-refractivity contribution < 1.29 is 0 Å². The van der Waals surface area contributed by atoms with E-state index in [-0.39, 0.29) is 0 Å². The number of hydrogen-bond donors (Lipinski definition) is 0. The summed E-state index contributed by atoms with van der Waals surface area (Å²) in [7, 11) is 0.